The van der Waals surface area contributed by atoms with Gasteiger partial charge in [-0.3, -0.25) is 15.8 Å². The van der Waals surface area contributed by atoms with Crippen LogP contribution in [0.2, 0.25) is 0 Å². The molecule has 4 nitrogen and oxygen atoms in total. The van der Waals surface area contributed by atoms with E-state index in [-0.39, 0.29) is 32.7 Å². The molecule has 0 bridgehead atoms. The third-order valence-corrected chi connectivity index (χ3v) is 0.247. The molecule has 0 aromatic carbocycles. The Balaban J connectivity index is -0.0000000910. The maximum atomic E-state index is 9.31. The molecule has 0 spiro atoms. The second-order valence-corrected chi connectivity index (χ2v) is 2.18. The van der Waals surface area contributed by atoms with Gasteiger partial charge in [-0.05, 0) is 0 Å². The van der Waals surface area contributed by atoms with Crippen molar-refractivity contribution in [1.29, 1.82) is 0 Å². The molecule has 59 valence electrons. The van der Waals surface area contributed by atoms with Crippen molar-refractivity contribution in [3.8, 4) is 0 Å². The van der Waals surface area contributed by atoms with Crippen molar-refractivity contribution in [1.82, 2.24) is 0 Å². The molecule has 0 aromatic rings. The van der Waals surface area contributed by atoms with E-state index in [1.54, 1.807) is 0 Å². The molecule has 0 rings (SSSR count). The van der Waals surface area contributed by atoms with Gasteiger partial charge in [0.2, 0.25) is 0 Å². The van der Waals surface area contributed by atoms with Gasteiger partial charge in [0.1, 0.15) is 0 Å². The first-order valence-corrected chi connectivity index (χ1v) is 4.08. The number of carboxylic acids is 1. The van der Waals surface area contributed by atoms with Gasteiger partial charge in [-0.1, -0.05) is 0 Å². The number of rotatable bonds is 1. The molecule has 0 amide bonds. The van der Waals surface area contributed by atoms with Crippen molar-refractivity contribution in [3.63, 3.8) is 0 Å². The van der Waals surface area contributed by atoms with Crippen LogP contribution in [0, 0.1) is 6.42 Å². The molecule has 1 unspecified atom stereocenters. The Labute approximate surface area is 85.8 Å². The maximum Gasteiger partial charge on any atom is 0.186 e. The van der Waals surface area contributed by atoms with E-state index in [4.69, 9.17) is 10.00 Å². The molecule has 0 aliphatic carbocycles. The molecule has 10 heavy (non-hydrogen) atoms. The largest absolute Gasteiger partial charge is 0.503 e. The first-order chi connectivity index (χ1) is 4.00. The molecular weight excluding hydrogens is 232 g/mol. The van der Waals surface area contributed by atoms with E-state index in [1.807, 2.05) is 0 Å². The number of hydrogen-bond acceptors (Lipinski definition) is 2. The van der Waals surface area contributed by atoms with Crippen LogP contribution in [-0.4, -0.2) is 22.6 Å². The van der Waals surface area contributed by atoms with E-state index in [1.165, 1.54) is 13.6 Å². The molecule has 6 heteroatoms. The fraction of sp³-hybridized carbons (Fsp3) is 0.500. The second kappa shape index (κ2) is 12.3. The van der Waals surface area contributed by atoms with Crippen LogP contribution in [0.15, 0.2) is 0 Å². The van der Waals surface area contributed by atoms with E-state index in [9.17, 15) is 9.36 Å². The zero-order chi connectivity index (χ0) is 7.86. The van der Waals surface area contributed by atoms with Crippen molar-refractivity contribution in [2.24, 2.45) is 0 Å². The van der Waals surface area contributed by atoms with Crippen molar-refractivity contribution >= 4 is 14.0 Å². The van der Waals surface area contributed by atoms with Gasteiger partial charge in [0.25, 0.3) is 0 Å². The molecule has 0 fully saturated rings. The maximum absolute atomic E-state index is 9.31. The summed E-state index contributed by atoms with van der Waals surface area (Å²) in [5.74, 6) is -0.870. The van der Waals surface area contributed by atoms with E-state index < -0.39 is 14.0 Å². The topological polar surface area (TPSA) is 74.6 Å². The van der Waals surface area contributed by atoms with Gasteiger partial charge in [-0.15, -0.1) is 0 Å². The van der Waals surface area contributed by atoms with E-state index in [0.717, 1.165) is 6.42 Å². The van der Waals surface area contributed by atoms with Crippen LogP contribution in [-0.2, 0) is 42.1 Å². The van der Waals surface area contributed by atoms with Crippen LogP contribution in [0.5, 0.6) is 0 Å². The molecule has 0 aliphatic heterocycles. The van der Waals surface area contributed by atoms with Gasteiger partial charge >= 0.3 is 0 Å². The Bertz CT molecular complexity index is 101. The first kappa shape index (κ1) is 16.9. The zero-order valence-corrected chi connectivity index (χ0v) is 9.70. The minimum Gasteiger partial charge on any atom is -0.503 e. The number of carbonyl (C=O) groups is 1. The summed E-state index contributed by atoms with van der Waals surface area (Å²) in [6.45, 7) is 2.74. The third-order valence-electron chi connectivity index (χ3n) is 0.247. The standard InChI is InChI=1S/C3H5O2.CH5O2P.Y/c1-2-3(4)5;1-4(2)3;/h2H,1H3,(H,4,5);4H,1H3,(H,2,3);/q-1;;. The van der Waals surface area contributed by atoms with Crippen LogP contribution >= 0.6 is 8.03 Å². The fourth-order valence-corrected chi connectivity index (χ4v) is 0. The summed E-state index contributed by atoms with van der Waals surface area (Å²) in [5.41, 5.74) is 0. The SMILES string of the molecule is C[CH-]C(=O)O.C[PH](=O)O.[Y]. The average Bonchev–Trinajstić information content (AvgIpc) is 1.65. The molecule has 1 radical (unpaired) electrons. The Kier molecular flexibility index (Phi) is 20.9. The molecule has 0 saturated carbocycles. The Morgan fingerprint density at radius 3 is 1.70 bits per heavy atom. The number of carboxylic acid groups (broad SMARTS) is 1. The quantitative estimate of drug-likeness (QED) is 0.514. The van der Waals surface area contributed by atoms with Crippen LogP contribution in [0.25, 0.3) is 0 Å². The molecule has 0 aromatic heterocycles. The second-order valence-electron chi connectivity index (χ2n) is 1.15. The van der Waals surface area contributed by atoms with Crippen LogP contribution in [0.1, 0.15) is 6.92 Å². The Hall–Kier alpha value is 0.634. The summed E-state index contributed by atoms with van der Waals surface area (Å²) in [6, 6.07) is 0. The first-order valence-electron chi connectivity index (χ1n) is 2.22. The number of hydrogen-bond donors (Lipinski definition) is 2. The van der Waals surface area contributed by atoms with Gasteiger partial charge in [0.15, 0.2) is 14.0 Å². The van der Waals surface area contributed by atoms with E-state index in [2.05, 4.69) is 0 Å². The molecule has 0 heterocycles. The summed E-state index contributed by atoms with van der Waals surface area (Å²) >= 11 is 0. The van der Waals surface area contributed by atoms with Crippen molar-refractivity contribution in [3.05, 3.63) is 6.42 Å². The number of aliphatic carboxylic acids is 1. The molecular formula is C4H10O4PY-. The van der Waals surface area contributed by atoms with Gasteiger partial charge < -0.3 is 10.00 Å². The van der Waals surface area contributed by atoms with Gasteiger partial charge in [0, 0.05) is 39.4 Å². The van der Waals surface area contributed by atoms with Crippen molar-refractivity contribution in [2.75, 3.05) is 6.66 Å². The van der Waals surface area contributed by atoms with Crippen LogP contribution in [0.3, 0.4) is 0 Å². The molecule has 0 saturated heterocycles. The molecule has 1 atom stereocenters. The van der Waals surface area contributed by atoms with Gasteiger partial charge in [0.05, 0.1) is 0 Å². The van der Waals surface area contributed by atoms with E-state index in [0.29, 0.717) is 0 Å². The normalized spacial score (nSPS) is 9.50. The third kappa shape index (κ3) is 72.5. The molecule has 0 aliphatic rings. The van der Waals surface area contributed by atoms with Crippen molar-refractivity contribution in [2.45, 2.75) is 6.92 Å². The summed E-state index contributed by atoms with van der Waals surface area (Å²) < 4.78 is 9.19. The van der Waals surface area contributed by atoms with Gasteiger partial charge in [-0.2, -0.15) is 6.92 Å². The van der Waals surface area contributed by atoms with Crippen molar-refractivity contribution < 1.29 is 52.1 Å². The predicted molar refractivity (Wildman–Crippen MR) is 34.8 cm³/mol. The summed E-state index contributed by atoms with van der Waals surface area (Å²) in [6.07, 6.45) is 1.08. The smallest absolute Gasteiger partial charge is 0.186 e. The molecule has 2 N–H and O–H groups in total. The fourth-order valence-electron chi connectivity index (χ4n) is 0. The Morgan fingerprint density at radius 1 is 1.60 bits per heavy atom. The Morgan fingerprint density at radius 2 is 1.70 bits per heavy atom. The van der Waals surface area contributed by atoms with E-state index >= 15 is 0 Å². The van der Waals surface area contributed by atoms with Crippen LogP contribution < -0.4 is 0 Å². The van der Waals surface area contributed by atoms with Gasteiger partial charge in [-0.25, -0.2) is 0 Å². The predicted octanol–water partition coefficient (Wildman–Crippen LogP) is 0.376. The minimum absolute atomic E-state index is 0. The monoisotopic (exact) mass is 242 g/mol. The summed E-state index contributed by atoms with van der Waals surface area (Å²) in [7, 11) is -2.13. The summed E-state index contributed by atoms with van der Waals surface area (Å²) in [4.78, 5) is 16.9. The summed E-state index contributed by atoms with van der Waals surface area (Å²) in [5, 5.41) is 7.67. The van der Waals surface area contributed by atoms with Crippen LogP contribution in [0.4, 0.5) is 0 Å². The zero-order valence-electron chi connectivity index (χ0n) is 5.87. The average molecular weight is 242 g/mol. The minimum atomic E-state index is -2.13.